The topological polar surface area (TPSA) is 52.6 Å². The van der Waals surface area contributed by atoms with Crippen LogP contribution in [0, 0.1) is 11.3 Å². The minimum Gasteiger partial charge on any atom is -0.462 e. The fourth-order valence-corrected chi connectivity index (χ4v) is 2.76. The van der Waals surface area contributed by atoms with Crippen molar-refractivity contribution in [2.24, 2.45) is 11.3 Å². The molecule has 4 heteroatoms. The lowest BCUT2D eigenvalue weighted by atomic mass is 9.89. The molecule has 1 saturated heterocycles. The van der Waals surface area contributed by atoms with Crippen LogP contribution in [0.15, 0.2) is 12.2 Å². The van der Waals surface area contributed by atoms with E-state index in [0.29, 0.717) is 6.61 Å². The molecule has 1 heterocycles. The molecule has 0 radical (unpaired) electrons. The highest BCUT2D eigenvalue weighted by Crippen LogP contribution is 2.32. The highest BCUT2D eigenvalue weighted by atomic mass is 16.6. The van der Waals surface area contributed by atoms with E-state index in [1.165, 1.54) is 0 Å². The number of ether oxygens (including phenoxy) is 2. The fourth-order valence-electron chi connectivity index (χ4n) is 2.76. The molecule has 4 nitrogen and oxygen atoms in total. The van der Waals surface area contributed by atoms with E-state index in [1.807, 2.05) is 13.8 Å². The summed E-state index contributed by atoms with van der Waals surface area (Å²) in [5.41, 5.74) is -0.438. The zero-order valence-electron chi connectivity index (χ0n) is 15.1. The van der Waals surface area contributed by atoms with Gasteiger partial charge < -0.3 is 9.47 Å². The van der Waals surface area contributed by atoms with Gasteiger partial charge in [-0.05, 0) is 32.1 Å². The first kappa shape index (κ1) is 19.7. The van der Waals surface area contributed by atoms with Crippen molar-refractivity contribution in [3.63, 3.8) is 0 Å². The monoisotopic (exact) mass is 324 g/mol. The lowest BCUT2D eigenvalue weighted by molar-refractivity contribution is -0.166. The summed E-state index contributed by atoms with van der Waals surface area (Å²) in [5, 5.41) is 0. The zero-order valence-corrected chi connectivity index (χ0v) is 15.1. The molecule has 2 unspecified atom stereocenters. The molecule has 0 spiro atoms. The van der Waals surface area contributed by atoms with Gasteiger partial charge in [-0.15, -0.1) is 0 Å². The Balaban J connectivity index is 2.49. The number of unbranched alkanes of at least 4 members (excludes halogenated alkanes) is 2. The third kappa shape index (κ3) is 6.36. The largest absolute Gasteiger partial charge is 0.462 e. The van der Waals surface area contributed by atoms with Crippen molar-refractivity contribution in [2.45, 2.75) is 78.7 Å². The second-order valence-electron chi connectivity index (χ2n) is 7.09. The van der Waals surface area contributed by atoms with E-state index in [9.17, 15) is 9.59 Å². The Kier molecular flexibility index (Phi) is 8.35. The Hall–Kier alpha value is -1.32. The highest BCUT2D eigenvalue weighted by molar-refractivity contribution is 5.82. The van der Waals surface area contributed by atoms with Gasteiger partial charge in [-0.1, -0.05) is 52.7 Å². The van der Waals surface area contributed by atoms with Crippen molar-refractivity contribution in [1.29, 1.82) is 0 Å². The summed E-state index contributed by atoms with van der Waals surface area (Å²) in [6, 6.07) is 0. The summed E-state index contributed by atoms with van der Waals surface area (Å²) in [7, 11) is 0. The molecule has 0 aliphatic carbocycles. The van der Waals surface area contributed by atoms with Crippen molar-refractivity contribution >= 4 is 11.9 Å². The molecule has 0 aromatic rings. The number of allylic oxidation sites excluding steroid dienone is 2. The maximum Gasteiger partial charge on any atom is 0.348 e. The number of hydrogen-bond acceptors (Lipinski definition) is 4. The summed E-state index contributed by atoms with van der Waals surface area (Å²) >= 11 is 0. The maximum absolute atomic E-state index is 12.4. The van der Waals surface area contributed by atoms with E-state index < -0.39 is 17.5 Å². The number of carbonyl (C=O) groups is 2. The van der Waals surface area contributed by atoms with Crippen LogP contribution in [0.4, 0.5) is 0 Å². The Bertz CT molecular complexity index is 412. The Morgan fingerprint density at radius 3 is 2.52 bits per heavy atom. The van der Waals surface area contributed by atoms with Crippen LogP contribution >= 0.6 is 0 Å². The Labute approximate surface area is 140 Å². The average Bonchev–Trinajstić information content (AvgIpc) is 2.76. The molecule has 23 heavy (non-hydrogen) atoms. The lowest BCUT2D eigenvalue weighted by Gasteiger charge is -2.24. The molecule has 132 valence electrons. The van der Waals surface area contributed by atoms with E-state index in [4.69, 9.17) is 9.47 Å². The summed E-state index contributed by atoms with van der Waals surface area (Å²) in [6.07, 6.45) is 10.4. The van der Waals surface area contributed by atoms with Crippen molar-refractivity contribution < 1.29 is 19.1 Å². The van der Waals surface area contributed by atoms with E-state index in [0.717, 1.165) is 44.9 Å². The van der Waals surface area contributed by atoms with E-state index >= 15 is 0 Å². The first-order valence-corrected chi connectivity index (χ1v) is 8.94. The number of cyclic esters (lactones) is 1. The van der Waals surface area contributed by atoms with Crippen molar-refractivity contribution in [2.75, 3.05) is 6.61 Å². The van der Waals surface area contributed by atoms with Gasteiger partial charge in [0.15, 0.2) is 0 Å². The molecular weight excluding hydrogens is 292 g/mol. The Morgan fingerprint density at radius 1 is 1.26 bits per heavy atom. The maximum atomic E-state index is 12.4. The van der Waals surface area contributed by atoms with E-state index in [1.54, 1.807) is 0 Å². The number of hydrogen-bond donors (Lipinski definition) is 0. The van der Waals surface area contributed by atoms with Crippen LogP contribution in [0.2, 0.25) is 0 Å². The minimum atomic E-state index is -0.765. The summed E-state index contributed by atoms with van der Waals surface area (Å²) < 4.78 is 10.5. The quantitative estimate of drug-likeness (QED) is 0.339. The molecule has 0 amide bonds. The van der Waals surface area contributed by atoms with Gasteiger partial charge in [-0.25, -0.2) is 4.79 Å². The van der Waals surface area contributed by atoms with Crippen LogP contribution in [0.3, 0.4) is 0 Å². The van der Waals surface area contributed by atoms with Gasteiger partial charge in [-0.3, -0.25) is 4.79 Å². The fraction of sp³-hybridized carbons (Fsp3) is 0.789. The molecule has 1 aliphatic heterocycles. The predicted molar refractivity (Wildman–Crippen MR) is 90.9 cm³/mol. The van der Waals surface area contributed by atoms with Crippen molar-refractivity contribution in [3.8, 4) is 0 Å². The average molecular weight is 324 g/mol. The van der Waals surface area contributed by atoms with E-state index in [2.05, 4.69) is 26.0 Å². The standard InChI is InChI=1S/C19H32O4/c1-5-7-8-9-10-11-13-15(12-6-2)17(20)23-16-18(21)22-14-19(16,3)4/h8-9,15-16H,5-7,10-14H2,1-4H3/b9-8+. The molecular formula is C19H32O4. The van der Waals surface area contributed by atoms with E-state index in [-0.39, 0.29) is 11.9 Å². The molecule has 1 rings (SSSR count). The third-order valence-electron chi connectivity index (χ3n) is 4.26. The highest BCUT2D eigenvalue weighted by Gasteiger charge is 2.47. The van der Waals surface area contributed by atoms with Crippen LogP contribution in [-0.4, -0.2) is 24.6 Å². The van der Waals surface area contributed by atoms with Crippen LogP contribution in [0.25, 0.3) is 0 Å². The number of carbonyl (C=O) groups excluding carboxylic acids is 2. The summed E-state index contributed by atoms with van der Waals surface area (Å²) in [4.78, 5) is 24.2. The van der Waals surface area contributed by atoms with Crippen molar-refractivity contribution in [3.05, 3.63) is 12.2 Å². The van der Waals surface area contributed by atoms with Gasteiger partial charge in [0, 0.05) is 5.41 Å². The van der Waals surface area contributed by atoms with Crippen LogP contribution in [0.5, 0.6) is 0 Å². The van der Waals surface area contributed by atoms with Gasteiger partial charge in [0.1, 0.15) is 6.61 Å². The molecule has 1 aliphatic rings. The summed E-state index contributed by atoms with van der Waals surface area (Å²) in [5.74, 6) is -0.786. The first-order valence-electron chi connectivity index (χ1n) is 8.94. The third-order valence-corrected chi connectivity index (χ3v) is 4.26. The lowest BCUT2D eigenvalue weighted by Crippen LogP contribution is -2.36. The Morgan fingerprint density at radius 2 is 1.96 bits per heavy atom. The SMILES string of the molecule is CCC/C=C/CCCC(CCC)C(=O)OC1C(=O)OCC1(C)C. The zero-order chi connectivity index (χ0) is 17.3. The second-order valence-corrected chi connectivity index (χ2v) is 7.09. The van der Waals surface area contributed by atoms with Gasteiger partial charge in [0.05, 0.1) is 5.92 Å². The molecule has 0 aromatic heterocycles. The minimum absolute atomic E-state index is 0.122. The summed E-state index contributed by atoms with van der Waals surface area (Å²) in [6.45, 7) is 8.32. The molecule has 0 N–H and O–H groups in total. The van der Waals surface area contributed by atoms with Crippen LogP contribution in [0.1, 0.15) is 72.6 Å². The van der Waals surface area contributed by atoms with Crippen LogP contribution < -0.4 is 0 Å². The molecule has 0 bridgehead atoms. The normalized spacial score (nSPS) is 21.4. The molecule has 0 saturated carbocycles. The van der Waals surface area contributed by atoms with Crippen LogP contribution in [-0.2, 0) is 19.1 Å². The van der Waals surface area contributed by atoms with Gasteiger partial charge in [0.25, 0.3) is 0 Å². The predicted octanol–water partition coefficient (Wildman–Crippen LogP) is 4.42. The van der Waals surface area contributed by atoms with Gasteiger partial charge >= 0.3 is 11.9 Å². The van der Waals surface area contributed by atoms with Crippen molar-refractivity contribution in [1.82, 2.24) is 0 Å². The van der Waals surface area contributed by atoms with Gasteiger partial charge in [0.2, 0.25) is 6.10 Å². The second kappa shape index (κ2) is 9.74. The molecule has 2 atom stereocenters. The number of esters is 2. The smallest absolute Gasteiger partial charge is 0.348 e. The number of rotatable bonds is 10. The van der Waals surface area contributed by atoms with Gasteiger partial charge in [-0.2, -0.15) is 0 Å². The molecule has 1 fully saturated rings. The first-order chi connectivity index (χ1) is 10.9. The molecule has 0 aromatic carbocycles.